The average Bonchev–Trinajstić information content (AvgIpc) is 3.10. The molecule has 0 spiro atoms. The van der Waals surface area contributed by atoms with Crippen LogP contribution in [0.4, 0.5) is 5.13 Å². The number of ketones is 1. The summed E-state index contributed by atoms with van der Waals surface area (Å²) in [6, 6.07) is 2.00. The van der Waals surface area contributed by atoms with Crippen molar-refractivity contribution in [1.82, 2.24) is 14.8 Å². The Labute approximate surface area is 152 Å². The van der Waals surface area contributed by atoms with E-state index in [1.807, 2.05) is 13.0 Å². The van der Waals surface area contributed by atoms with Gasteiger partial charge in [-0.2, -0.15) is 0 Å². The number of nitrogens with zero attached hydrogens (tertiary/aromatic N) is 3. The minimum absolute atomic E-state index is 0.155. The average molecular weight is 367 g/mol. The van der Waals surface area contributed by atoms with Crippen LogP contribution in [-0.2, 0) is 6.54 Å². The number of carbonyl (C=O) groups is 1. The van der Waals surface area contributed by atoms with E-state index >= 15 is 0 Å². The van der Waals surface area contributed by atoms with Gasteiger partial charge in [0.15, 0.2) is 10.1 Å². The zero-order valence-corrected chi connectivity index (χ0v) is 16.7. The third-order valence-corrected chi connectivity index (χ3v) is 5.73. The molecule has 24 heavy (non-hydrogen) atoms. The Balaban J connectivity index is 1.95. The van der Waals surface area contributed by atoms with Crippen LogP contribution in [0, 0.1) is 19.8 Å². The maximum Gasteiger partial charge on any atom is 0.206 e. The molecule has 0 aliphatic carbocycles. The van der Waals surface area contributed by atoms with E-state index in [9.17, 15) is 4.79 Å². The molecule has 0 amide bonds. The Hall–Kier alpha value is -1.34. The Kier molecular flexibility index (Phi) is 6.86. The number of hydrogen-bond donors (Lipinski definition) is 1. The highest BCUT2D eigenvalue weighted by atomic mass is 32.2. The molecule has 2 aromatic heterocycles. The summed E-state index contributed by atoms with van der Waals surface area (Å²) < 4.78 is 3.05. The second kappa shape index (κ2) is 8.67. The predicted octanol–water partition coefficient (Wildman–Crippen LogP) is 4.41. The molecule has 0 bridgehead atoms. The van der Waals surface area contributed by atoms with E-state index in [1.54, 1.807) is 0 Å². The number of anilines is 1. The minimum atomic E-state index is 0.155. The van der Waals surface area contributed by atoms with Crippen LogP contribution in [0.15, 0.2) is 10.4 Å². The third kappa shape index (κ3) is 4.83. The molecule has 0 aromatic carbocycles. The van der Waals surface area contributed by atoms with Gasteiger partial charge in [-0.05, 0) is 32.3 Å². The first-order valence-corrected chi connectivity index (χ1v) is 10.1. The van der Waals surface area contributed by atoms with E-state index in [4.69, 9.17) is 0 Å². The van der Waals surface area contributed by atoms with Crippen molar-refractivity contribution in [2.75, 3.05) is 17.6 Å². The van der Waals surface area contributed by atoms with Crippen molar-refractivity contribution in [2.45, 2.75) is 51.9 Å². The first kappa shape index (κ1) is 19.0. The number of Topliss-reactive ketones (excluding diaryl/α,β-unsaturated/α-hetero) is 1. The van der Waals surface area contributed by atoms with Crippen LogP contribution in [0.5, 0.6) is 0 Å². The highest BCUT2D eigenvalue weighted by Crippen LogP contribution is 2.27. The van der Waals surface area contributed by atoms with Gasteiger partial charge < -0.3 is 9.88 Å². The molecule has 2 aromatic rings. The van der Waals surface area contributed by atoms with Gasteiger partial charge in [0, 0.05) is 30.0 Å². The zero-order valence-electron chi connectivity index (χ0n) is 15.0. The normalized spacial score (nSPS) is 11.2. The van der Waals surface area contributed by atoms with Gasteiger partial charge in [0.25, 0.3) is 0 Å². The molecule has 1 N–H and O–H groups in total. The van der Waals surface area contributed by atoms with E-state index in [0.29, 0.717) is 11.7 Å². The highest BCUT2D eigenvalue weighted by Gasteiger charge is 2.16. The SMILES string of the molecule is CCCn1c(C)cc(C(=O)CSc2nnc(NCC(C)C)s2)c1C. The topological polar surface area (TPSA) is 59.8 Å². The van der Waals surface area contributed by atoms with Crippen LogP contribution in [0.1, 0.15) is 48.9 Å². The van der Waals surface area contributed by atoms with Crippen LogP contribution >= 0.6 is 23.1 Å². The largest absolute Gasteiger partial charge is 0.360 e. The number of nitrogens with one attached hydrogen (secondary N) is 1. The number of rotatable bonds is 9. The van der Waals surface area contributed by atoms with Gasteiger partial charge in [-0.25, -0.2) is 0 Å². The van der Waals surface area contributed by atoms with Crippen LogP contribution in [0.3, 0.4) is 0 Å². The Morgan fingerprint density at radius 2 is 2.12 bits per heavy atom. The van der Waals surface area contributed by atoms with Crippen LogP contribution < -0.4 is 5.32 Å². The predicted molar refractivity (Wildman–Crippen MR) is 102 cm³/mol. The van der Waals surface area contributed by atoms with Gasteiger partial charge in [0.05, 0.1) is 5.75 Å². The van der Waals surface area contributed by atoms with E-state index in [0.717, 1.165) is 45.9 Å². The third-order valence-electron chi connectivity index (χ3n) is 3.72. The van der Waals surface area contributed by atoms with E-state index in [2.05, 4.69) is 47.8 Å². The van der Waals surface area contributed by atoms with Crippen molar-refractivity contribution in [1.29, 1.82) is 0 Å². The summed E-state index contributed by atoms with van der Waals surface area (Å²) in [6.45, 7) is 12.4. The van der Waals surface area contributed by atoms with Gasteiger partial charge in [-0.15, -0.1) is 10.2 Å². The number of aromatic nitrogens is 3. The molecule has 0 saturated heterocycles. The summed E-state index contributed by atoms with van der Waals surface area (Å²) in [7, 11) is 0. The number of aryl methyl sites for hydroxylation is 1. The standard InChI is InChI=1S/C17H26N4OS2/c1-6-7-21-12(4)8-14(13(21)5)15(22)10-23-17-20-19-16(24-17)18-9-11(2)3/h8,11H,6-7,9-10H2,1-5H3,(H,18,19). The molecule has 0 atom stereocenters. The zero-order chi connectivity index (χ0) is 17.7. The Morgan fingerprint density at radius 1 is 1.38 bits per heavy atom. The highest BCUT2D eigenvalue weighted by molar-refractivity contribution is 8.01. The lowest BCUT2D eigenvalue weighted by Gasteiger charge is -2.07. The number of hydrogen-bond acceptors (Lipinski definition) is 6. The summed E-state index contributed by atoms with van der Waals surface area (Å²) in [5.41, 5.74) is 3.05. The second-order valence-electron chi connectivity index (χ2n) is 6.30. The monoisotopic (exact) mass is 366 g/mol. The fraction of sp³-hybridized carbons (Fsp3) is 0.588. The quantitative estimate of drug-likeness (QED) is 0.526. The van der Waals surface area contributed by atoms with Crippen LogP contribution in [0.25, 0.3) is 0 Å². The lowest BCUT2D eigenvalue weighted by Crippen LogP contribution is -2.07. The second-order valence-corrected chi connectivity index (χ2v) is 8.50. The molecule has 0 saturated carbocycles. The molecule has 0 aliphatic heterocycles. The number of carbonyl (C=O) groups excluding carboxylic acids is 1. The minimum Gasteiger partial charge on any atom is -0.360 e. The van der Waals surface area contributed by atoms with Crippen molar-refractivity contribution in [3.63, 3.8) is 0 Å². The molecule has 0 radical (unpaired) electrons. The molecule has 0 aliphatic rings. The molecular formula is C17H26N4OS2. The summed E-state index contributed by atoms with van der Waals surface area (Å²) in [4.78, 5) is 12.5. The van der Waals surface area contributed by atoms with Crippen molar-refractivity contribution in [2.24, 2.45) is 5.92 Å². The summed E-state index contributed by atoms with van der Waals surface area (Å²) in [5, 5.41) is 12.3. The van der Waals surface area contributed by atoms with E-state index < -0.39 is 0 Å². The van der Waals surface area contributed by atoms with Crippen molar-refractivity contribution >= 4 is 34.0 Å². The maximum atomic E-state index is 12.5. The van der Waals surface area contributed by atoms with Crippen LogP contribution in [-0.4, -0.2) is 32.8 Å². The first-order valence-electron chi connectivity index (χ1n) is 8.32. The van der Waals surface area contributed by atoms with Crippen LogP contribution in [0.2, 0.25) is 0 Å². The van der Waals surface area contributed by atoms with Gasteiger partial charge in [-0.1, -0.05) is 43.9 Å². The summed E-state index contributed by atoms with van der Waals surface area (Å²) in [6.07, 6.45) is 1.07. The molecule has 5 nitrogen and oxygen atoms in total. The van der Waals surface area contributed by atoms with Crippen molar-refractivity contribution < 1.29 is 4.79 Å². The lowest BCUT2D eigenvalue weighted by atomic mass is 10.2. The fourth-order valence-corrected chi connectivity index (χ4v) is 4.13. The molecular weight excluding hydrogens is 340 g/mol. The first-order chi connectivity index (χ1) is 11.4. The molecule has 2 rings (SSSR count). The van der Waals surface area contributed by atoms with Gasteiger partial charge in [0.1, 0.15) is 0 Å². The smallest absolute Gasteiger partial charge is 0.206 e. The summed E-state index contributed by atoms with van der Waals surface area (Å²) in [5.74, 6) is 1.11. The fourth-order valence-electron chi connectivity index (χ4n) is 2.49. The van der Waals surface area contributed by atoms with E-state index in [1.165, 1.54) is 23.1 Å². The molecule has 2 heterocycles. The van der Waals surface area contributed by atoms with Crippen molar-refractivity contribution in [3.05, 3.63) is 23.0 Å². The van der Waals surface area contributed by atoms with Gasteiger partial charge in [0.2, 0.25) is 5.13 Å². The van der Waals surface area contributed by atoms with Gasteiger partial charge in [-0.3, -0.25) is 4.79 Å². The molecule has 0 unspecified atom stereocenters. The van der Waals surface area contributed by atoms with Crippen molar-refractivity contribution in [3.8, 4) is 0 Å². The Bertz CT molecular complexity index is 691. The van der Waals surface area contributed by atoms with E-state index in [-0.39, 0.29) is 5.78 Å². The molecule has 7 heteroatoms. The molecule has 132 valence electrons. The lowest BCUT2D eigenvalue weighted by molar-refractivity contribution is 0.102. The Morgan fingerprint density at radius 3 is 2.79 bits per heavy atom. The number of thioether (sulfide) groups is 1. The molecule has 0 fully saturated rings. The maximum absolute atomic E-state index is 12.5. The summed E-state index contributed by atoms with van der Waals surface area (Å²) >= 11 is 2.97. The van der Waals surface area contributed by atoms with Gasteiger partial charge >= 0.3 is 0 Å².